The molecule has 32 heavy (non-hydrogen) atoms. The van der Waals surface area contributed by atoms with E-state index in [0.717, 1.165) is 32.7 Å². The van der Waals surface area contributed by atoms with E-state index in [4.69, 9.17) is 0 Å². The predicted molar refractivity (Wildman–Crippen MR) is 147 cm³/mol. The Morgan fingerprint density at radius 3 is 1.34 bits per heavy atom. The van der Waals surface area contributed by atoms with Crippen LogP contribution in [-0.4, -0.2) is 31.5 Å². The van der Waals surface area contributed by atoms with E-state index in [-0.39, 0.29) is 20.0 Å². The molecule has 0 aliphatic carbocycles. The molecule has 0 radical (unpaired) electrons. The molecule has 0 atom stereocenters. The number of rotatable bonds is 7. The number of hydrogen-bond acceptors (Lipinski definition) is 6. The van der Waals surface area contributed by atoms with Gasteiger partial charge in [0.05, 0.1) is 11.4 Å². The van der Waals surface area contributed by atoms with E-state index < -0.39 is 0 Å². The number of carbonyl (C=O) groups is 2. The van der Waals surface area contributed by atoms with Gasteiger partial charge in [0.1, 0.15) is 0 Å². The van der Waals surface area contributed by atoms with Crippen LogP contribution in [0.2, 0.25) is 0 Å². The molecule has 8 heteroatoms. The summed E-state index contributed by atoms with van der Waals surface area (Å²) >= 11 is 6.03. The molecule has 174 valence electrons. The molecule has 0 saturated carbocycles. The summed E-state index contributed by atoms with van der Waals surface area (Å²) in [6.45, 7) is 12.2. The van der Waals surface area contributed by atoms with Crippen molar-refractivity contribution in [3.05, 3.63) is 48.5 Å². The highest BCUT2D eigenvalue weighted by Crippen LogP contribution is 2.34. The zero-order valence-corrected chi connectivity index (χ0v) is 22.7. The Labute approximate surface area is 209 Å². The van der Waals surface area contributed by atoms with Crippen LogP contribution in [0.3, 0.4) is 0 Å². The smallest absolute Gasteiger partial charge is 0.283 e. The van der Waals surface area contributed by atoms with Crippen LogP contribution in [0.1, 0.15) is 41.5 Å². The highest BCUT2D eigenvalue weighted by molar-refractivity contribution is 8.15. The fraction of sp³-hybridized carbons (Fsp3) is 0.417. The summed E-state index contributed by atoms with van der Waals surface area (Å²) in [6.07, 6.45) is 0. The normalized spacial score (nSPS) is 11.8. The van der Waals surface area contributed by atoms with Gasteiger partial charge in [-0.2, -0.15) is 0 Å². The monoisotopic (exact) mass is 508 g/mol. The van der Waals surface area contributed by atoms with Gasteiger partial charge in [-0.3, -0.25) is 9.59 Å². The van der Waals surface area contributed by atoms with Crippen molar-refractivity contribution >= 4 is 68.9 Å². The van der Waals surface area contributed by atoms with Gasteiger partial charge < -0.3 is 10.6 Å². The molecule has 0 unspecified atom stereocenters. The van der Waals surface area contributed by atoms with Crippen molar-refractivity contribution in [1.82, 2.24) is 0 Å². The minimum Gasteiger partial charge on any atom is -0.316 e. The van der Waals surface area contributed by atoms with Crippen LogP contribution in [0, 0.1) is 0 Å². The number of benzene rings is 2. The van der Waals surface area contributed by atoms with Gasteiger partial charge in [-0.15, -0.1) is 23.5 Å². The molecule has 0 aromatic heterocycles. The molecule has 0 bridgehead atoms. The molecule has 0 heterocycles. The number of anilines is 2. The summed E-state index contributed by atoms with van der Waals surface area (Å²) in [5.74, 6) is 1.76. The maximum atomic E-state index is 12.3. The van der Waals surface area contributed by atoms with Gasteiger partial charge in [0.15, 0.2) is 0 Å². The Bertz CT molecular complexity index is 845. The molecule has 4 nitrogen and oxygen atoms in total. The van der Waals surface area contributed by atoms with Crippen LogP contribution in [0.25, 0.3) is 0 Å². The Morgan fingerprint density at radius 2 is 1.00 bits per heavy atom. The van der Waals surface area contributed by atoms with Crippen LogP contribution in [0.4, 0.5) is 21.0 Å². The second-order valence-corrected chi connectivity index (χ2v) is 14.8. The van der Waals surface area contributed by atoms with Crippen molar-refractivity contribution in [3.8, 4) is 0 Å². The van der Waals surface area contributed by atoms with Gasteiger partial charge in [-0.25, -0.2) is 0 Å². The van der Waals surface area contributed by atoms with E-state index in [0.29, 0.717) is 0 Å². The summed E-state index contributed by atoms with van der Waals surface area (Å²) in [5.41, 5.74) is 1.69. The molecule has 2 aromatic rings. The summed E-state index contributed by atoms with van der Waals surface area (Å²) in [7, 11) is 0. The molecule has 0 spiro atoms. The Balaban J connectivity index is 1.91. The van der Waals surface area contributed by atoms with E-state index in [9.17, 15) is 9.59 Å². The molecule has 2 rings (SSSR count). The third kappa shape index (κ3) is 10.6. The van der Waals surface area contributed by atoms with Gasteiger partial charge in [-0.05, 0) is 24.3 Å². The molecule has 2 aromatic carbocycles. The van der Waals surface area contributed by atoms with E-state index in [1.807, 2.05) is 90.1 Å². The summed E-state index contributed by atoms with van der Waals surface area (Å²) in [4.78, 5) is 26.7. The maximum absolute atomic E-state index is 12.3. The minimum absolute atomic E-state index is 0.0438. The quantitative estimate of drug-likeness (QED) is 0.288. The zero-order chi connectivity index (χ0) is 23.8. The first-order valence-corrected chi connectivity index (χ1v) is 14.0. The lowest BCUT2D eigenvalue weighted by Gasteiger charge is -2.18. The summed E-state index contributed by atoms with van der Waals surface area (Å²) in [5, 5.41) is 5.96. The molecule has 2 N–H and O–H groups in total. The molecular weight excluding hydrogens is 477 g/mol. The van der Waals surface area contributed by atoms with E-state index >= 15 is 0 Å². The highest BCUT2D eigenvalue weighted by atomic mass is 32.2. The van der Waals surface area contributed by atoms with Crippen molar-refractivity contribution in [1.29, 1.82) is 0 Å². The number of carbonyl (C=O) groups excluding carboxylic acids is 2. The molecule has 0 fully saturated rings. The zero-order valence-electron chi connectivity index (χ0n) is 19.5. The third-order valence-electron chi connectivity index (χ3n) is 3.64. The molecular formula is C24H32N2O2S4. The van der Waals surface area contributed by atoms with Crippen molar-refractivity contribution in [3.63, 3.8) is 0 Å². The van der Waals surface area contributed by atoms with Crippen molar-refractivity contribution in [2.45, 2.75) is 60.8 Å². The molecule has 0 aliphatic heterocycles. The highest BCUT2D eigenvalue weighted by Gasteiger charge is 2.19. The number of nitrogens with one attached hydrogen (secondary N) is 2. The fourth-order valence-corrected chi connectivity index (χ4v) is 5.96. The van der Waals surface area contributed by atoms with E-state index in [1.165, 1.54) is 23.5 Å². The Hall–Kier alpha value is -1.22. The second kappa shape index (κ2) is 12.3. The first-order chi connectivity index (χ1) is 14.9. The molecule has 0 aliphatic rings. The fourth-order valence-electron chi connectivity index (χ4n) is 2.52. The SMILES string of the molecule is CC(C)(C)SC(=O)Nc1ccccc1SCCSc1ccccc1NC(=O)SC(C)(C)C. The van der Waals surface area contributed by atoms with Crippen molar-refractivity contribution in [2.75, 3.05) is 22.1 Å². The third-order valence-corrected chi connectivity index (χ3v) is 7.85. The van der Waals surface area contributed by atoms with Gasteiger partial charge in [-0.1, -0.05) is 89.3 Å². The standard InChI is InChI=1S/C24H32N2O2S4/c1-23(2,3)31-21(27)25-17-11-7-9-13-19(17)29-15-16-30-20-14-10-8-12-18(20)26-22(28)32-24(4,5)6/h7-14H,15-16H2,1-6H3,(H,25,27)(H,26,28). The van der Waals surface area contributed by atoms with Crippen molar-refractivity contribution < 1.29 is 9.59 Å². The largest absolute Gasteiger partial charge is 0.316 e. The van der Waals surface area contributed by atoms with Crippen LogP contribution >= 0.6 is 47.0 Å². The average molecular weight is 509 g/mol. The van der Waals surface area contributed by atoms with Gasteiger partial charge in [0, 0.05) is 30.8 Å². The van der Waals surface area contributed by atoms with Crippen molar-refractivity contribution in [2.24, 2.45) is 0 Å². The Kier molecular flexibility index (Phi) is 10.4. The lowest BCUT2D eigenvalue weighted by Crippen LogP contribution is -2.16. The lowest BCUT2D eigenvalue weighted by molar-refractivity contribution is 0.268. The Morgan fingerprint density at radius 1 is 0.656 bits per heavy atom. The van der Waals surface area contributed by atoms with Gasteiger partial charge in [0.25, 0.3) is 10.5 Å². The van der Waals surface area contributed by atoms with E-state index in [1.54, 1.807) is 23.5 Å². The van der Waals surface area contributed by atoms with Gasteiger partial charge in [0.2, 0.25) is 0 Å². The summed E-state index contributed by atoms with van der Waals surface area (Å²) in [6, 6.07) is 15.8. The number of thioether (sulfide) groups is 4. The maximum Gasteiger partial charge on any atom is 0.283 e. The topological polar surface area (TPSA) is 58.2 Å². The number of amides is 2. The van der Waals surface area contributed by atoms with Crippen LogP contribution in [-0.2, 0) is 0 Å². The predicted octanol–water partition coefficient (Wildman–Crippen LogP) is 8.70. The molecule has 2 amide bonds. The lowest BCUT2D eigenvalue weighted by atomic mass is 10.3. The summed E-state index contributed by atoms with van der Waals surface area (Å²) < 4.78 is -0.256. The number of hydrogen-bond donors (Lipinski definition) is 2. The van der Waals surface area contributed by atoms with Crippen LogP contribution in [0.15, 0.2) is 58.3 Å². The average Bonchev–Trinajstić information content (AvgIpc) is 2.64. The van der Waals surface area contributed by atoms with Gasteiger partial charge >= 0.3 is 0 Å². The second-order valence-electron chi connectivity index (χ2n) is 8.94. The number of para-hydroxylation sites is 2. The molecule has 0 saturated heterocycles. The van der Waals surface area contributed by atoms with Crippen LogP contribution in [0.5, 0.6) is 0 Å². The van der Waals surface area contributed by atoms with E-state index in [2.05, 4.69) is 10.6 Å². The van der Waals surface area contributed by atoms with Crippen LogP contribution < -0.4 is 10.6 Å². The minimum atomic E-state index is -0.128. The first-order valence-electron chi connectivity index (χ1n) is 10.4. The first kappa shape index (κ1) is 27.0.